The Morgan fingerprint density at radius 2 is 1.50 bits per heavy atom. The van der Waals surface area contributed by atoms with E-state index in [0.717, 1.165) is 22.1 Å². The van der Waals surface area contributed by atoms with Gasteiger partial charge in [0.25, 0.3) is 0 Å². The molecule has 4 aromatic rings. The summed E-state index contributed by atoms with van der Waals surface area (Å²) in [5.74, 6) is -1.15. The number of halogens is 2. The Kier molecular flexibility index (Phi) is 3.54. The molecule has 0 radical (unpaired) electrons. The second-order valence-electron chi connectivity index (χ2n) is 8.51. The highest BCUT2D eigenvalue weighted by Gasteiger charge is 2.38. The Hall–Kier alpha value is -2.94. The van der Waals surface area contributed by atoms with Gasteiger partial charge in [-0.2, -0.15) is 0 Å². The van der Waals surface area contributed by atoms with Crippen molar-refractivity contribution in [2.45, 2.75) is 26.7 Å². The van der Waals surface area contributed by atoms with E-state index >= 15 is 4.39 Å². The van der Waals surface area contributed by atoms with Crippen molar-refractivity contribution in [1.82, 2.24) is 0 Å². The molecule has 3 aromatic carbocycles. The van der Waals surface area contributed by atoms with Gasteiger partial charge in [0.05, 0.1) is 0 Å². The van der Waals surface area contributed by atoms with Crippen LogP contribution in [0.1, 0.15) is 37.8 Å². The van der Waals surface area contributed by atoms with Crippen LogP contribution in [0.2, 0.25) is 0 Å². The smallest absolute Gasteiger partial charge is 0.167 e. The fourth-order valence-electron chi connectivity index (χ4n) is 4.60. The minimum Gasteiger partial charge on any atom is -0.455 e. The fourth-order valence-corrected chi connectivity index (χ4v) is 4.60. The van der Waals surface area contributed by atoms with Gasteiger partial charge in [0, 0.05) is 28.0 Å². The number of hydrogen-bond acceptors (Lipinski definition) is 1. The van der Waals surface area contributed by atoms with Crippen LogP contribution in [0.3, 0.4) is 0 Å². The van der Waals surface area contributed by atoms with E-state index in [4.69, 9.17) is 4.42 Å². The van der Waals surface area contributed by atoms with E-state index in [0.29, 0.717) is 22.5 Å². The van der Waals surface area contributed by atoms with Gasteiger partial charge in [-0.1, -0.05) is 69.3 Å². The van der Waals surface area contributed by atoms with Crippen LogP contribution in [-0.2, 0) is 0 Å². The number of benzene rings is 3. The molecule has 0 saturated carbocycles. The minimum absolute atomic E-state index is 0.102. The van der Waals surface area contributed by atoms with Crippen LogP contribution in [0.25, 0.3) is 33.4 Å². The topological polar surface area (TPSA) is 13.1 Å². The van der Waals surface area contributed by atoms with E-state index in [1.807, 2.05) is 42.5 Å². The van der Waals surface area contributed by atoms with Gasteiger partial charge in [-0.15, -0.1) is 0 Å². The summed E-state index contributed by atoms with van der Waals surface area (Å²) in [4.78, 5) is 0. The molecular weight excluding hydrogens is 354 g/mol. The van der Waals surface area contributed by atoms with Crippen molar-refractivity contribution in [3.05, 3.63) is 83.4 Å². The Morgan fingerprint density at radius 3 is 2.29 bits per heavy atom. The maximum absolute atomic E-state index is 15.3. The molecular formula is C25H20F2O. The molecule has 0 bridgehead atoms. The molecule has 1 unspecified atom stereocenters. The summed E-state index contributed by atoms with van der Waals surface area (Å²) in [7, 11) is 0. The predicted molar refractivity (Wildman–Crippen MR) is 108 cm³/mol. The lowest BCUT2D eigenvalue weighted by Gasteiger charge is -2.33. The molecule has 28 heavy (non-hydrogen) atoms. The van der Waals surface area contributed by atoms with Gasteiger partial charge >= 0.3 is 0 Å². The number of furan rings is 1. The zero-order chi connectivity index (χ0) is 19.6. The number of fused-ring (bicyclic) bond motifs is 7. The van der Waals surface area contributed by atoms with Crippen molar-refractivity contribution in [2.75, 3.05) is 0 Å². The summed E-state index contributed by atoms with van der Waals surface area (Å²) < 4.78 is 35.9. The standard InChI is InChI=1S/C25H20F2O/c1-25(2,3)22-14-8-4-5-9-15(14)24-21(16-10-6-7-11-19(16)28-24)20-17(22)12-13-18(26)23(20)27/h4-13,22H,1-3H3. The van der Waals surface area contributed by atoms with Crippen molar-refractivity contribution in [1.29, 1.82) is 0 Å². The SMILES string of the molecule is CC(C)(C)C1c2ccccc2-c2oc3ccccc3c2-c2c1ccc(F)c2F. The average molecular weight is 374 g/mol. The number of para-hydroxylation sites is 1. The quantitative estimate of drug-likeness (QED) is 0.310. The maximum Gasteiger partial charge on any atom is 0.167 e. The summed E-state index contributed by atoms with van der Waals surface area (Å²) in [6.07, 6.45) is 0. The first kappa shape index (κ1) is 17.2. The highest BCUT2D eigenvalue weighted by Crippen LogP contribution is 2.54. The molecule has 0 amide bonds. The summed E-state index contributed by atoms with van der Waals surface area (Å²) in [5.41, 5.74) is 4.23. The van der Waals surface area contributed by atoms with Gasteiger partial charge in [0.15, 0.2) is 11.6 Å². The largest absolute Gasteiger partial charge is 0.455 e. The molecule has 1 aliphatic carbocycles. The number of hydrogen-bond donors (Lipinski definition) is 0. The summed E-state index contributed by atoms with van der Waals surface area (Å²) in [5, 5.41) is 0.799. The average Bonchev–Trinajstić information content (AvgIpc) is 2.97. The lowest BCUT2D eigenvalue weighted by Crippen LogP contribution is -2.20. The van der Waals surface area contributed by atoms with Crippen molar-refractivity contribution in [2.24, 2.45) is 5.41 Å². The first-order chi connectivity index (χ1) is 13.4. The second-order valence-corrected chi connectivity index (χ2v) is 8.51. The van der Waals surface area contributed by atoms with Crippen molar-refractivity contribution in [3.63, 3.8) is 0 Å². The van der Waals surface area contributed by atoms with E-state index in [-0.39, 0.29) is 11.3 Å². The molecule has 1 aromatic heterocycles. The maximum atomic E-state index is 15.3. The van der Waals surface area contributed by atoms with Crippen LogP contribution in [0, 0.1) is 17.0 Å². The third kappa shape index (κ3) is 2.29. The van der Waals surface area contributed by atoms with Crippen LogP contribution >= 0.6 is 0 Å². The Labute approximate surface area is 162 Å². The lowest BCUT2D eigenvalue weighted by atomic mass is 9.71. The summed E-state index contributed by atoms with van der Waals surface area (Å²) >= 11 is 0. The lowest BCUT2D eigenvalue weighted by molar-refractivity contribution is 0.358. The van der Waals surface area contributed by atoms with E-state index in [1.54, 1.807) is 6.07 Å². The van der Waals surface area contributed by atoms with Crippen LogP contribution in [0.4, 0.5) is 8.78 Å². The minimum atomic E-state index is -0.839. The Morgan fingerprint density at radius 1 is 0.786 bits per heavy atom. The molecule has 0 saturated heterocycles. The molecule has 3 heteroatoms. The highest BCUT2D eigenvalue weighted by atomic mass is 19.2. The van der Waals surface area contributed by atoms with Gasteiger partial charge < -0.3 is 4.42 Å². The van der Waals surface area contributed by atoms with Gasteiger partial charge in [0.1, 0.15) is 11.3 Å². The van der Waals surface area contributed by atoms with Crippen LogP contribution in [0.15, 0.2) is 65.1 Å². The summed E-state index contributed by atoms with van der Waals surface area (Å²) in [6.45, 7) is 6.39. The predicted octanol–water partition coefficient (Wildman–Crippen LogP) is 7.54. The normalized spacial score (nSPS) is 15.7. The molecule has 1 atom stereocenters. The second kappa shape index (κ2) is 5.78. The highest BCUT2D eigenvalue weighted by molar-refractivity contribution is 6.04. The summed E-state index contributed by atoms with van der Waals surface area (Å²) in [6, 6.07) is 18.6. The monoisotopic (exact) mass is 374 g/mol. The van der Waals surface area contributed by atoms with Gasteiger partial charge in [-0.3, -0.25) is 0 Å². The molecule has 1 heterocycles. The van der Waals surface area contributed by atoms with Crippen LogP contribution in [-0.4, -0.2) is 0 Å². The third-order valence-corrected chi connectivity index (χ3v) is 5.67. The Bertz CT molecular complexity index is 1230. The molecule has 0 fully saturated rings. The van der Waals surface area contributed by atoms with E-state index in [2.05, 4.69) is 26.8 Å². The zero-order valence-electron chi connectivity index (χ0n) is 16.0. The van der Waals surface area contributed by atoms with E-state index in [9.17, 15) is 4.39 Å². The molecule has 0 spiro atoms. The van der Waals surface area contributed by atoms with Crippen molar-refractivity contribution >= 4 is 11.0 Å². The molecule has 1 nitrogen and oxygen atoms in total. The first-order valence-corrected chi connectivity index (χ1v) is 9.47. The molecule has 1 aliphatic rings. The van der Waals surface area contributed by atoms with Crippen molar-refractivity contribution in [3.8, 4) is 22.5 Å². The van der Waals surface area contributed by atoms with Crippen LogP contribution in [0.5, 0.6) is 0 Å². The zero-order valence-corrected chi connectivity index (χ0v) is 16.0. The molecule has 5 rings (SSSR count). The van der Waals surface area contributed by atoms with E-state index < -0.39 is 11.6 Å². The third-order valence-electron chi connectivity index (χ3n) is 5.67. The molecule has 0 N–H and O–H groups in total. The van der Waals surface area contributed by atoms with Gasteiger partial charge in [0.2, 0.25) is 0 Å². The van der Waals surface area contributed by atoms with Crippen molar-refractivity contribution < 1.29 is 13.2 Å². The van der Waals surface area contributed by atoms with E-state index in [1.165, 1.54) is 6.07 Å². The molecule has 0 aliphatic heterocycles. The molecule has 140 valence electrons. The van der Waals surface area contributed by atoms with Gasteiger partial charge in [-0.05, 0) is 28.7 Å². The Balaban J connectivity index is 2.04. The van der Waals surface area contributed by atoms with Gasteiger partial charge in [-0.25, -0.2) is 8.78 Å². The van der Waals surface area contributed by atoms with Crippen LogP contribution < -0.4 is 0 Å². The first-order valence-electron chi connectivity index (χ1n) is 9.47. The number of rotatable bonds is 0. The fraction of sp³-hybridized carbons (Fsp3) is 0.200.